The van der Waals surface area contributed by atoms with Crippen molar-refractivity contribution in [3.8, 4) is 0 Å². The smallest absolute Gasteiger partial charge is 0.109 e. The Morgan fingerprint density at radius 3 is 2.88 bits per heavy atom. The zero-order chi connectivity index (χ0) is 12.3. The molecule has 0 spiro atoms. The van der Waals surface area contributed by atoms with E-state index in [4.69, 9.17) is 0 Å². The molecule has 1 heterocycles. The quantitative estimate of drug-likeness (QED) is 0.858. The fourth-order valence-electron chi connectivity index (χ4n) is 2.71. The van der Waals surface area contributed by atoms with Crippen LogP contribution in [-0.2, 0) is 6.42 Å². The summed E-state index contributed by atoms with van der Waals surface area (Å²) in [5.41, 5.74) is 0. The summed E-state index contributed by atoms with van der Waals surface area (Å²) in [6.45, 7) is 6.75. The molecule has 0 amide bonds. The monoisotopic (exact) mass is 252 g/mol. The Balaban J connectivity index is 1.86. The van der Waals surface area contributed by atoms with Crippen molar-refractivity contribution in [1.82, 2.24) is 10.3 Å². The van der Waals surface area contributed by atoms with E-state index >= 15 is 0 Å². The van der Waals surface area contributed by atoms with Crippen molar-refractivity contribution in [3.63, 3.8) is 0 Å². The summed E-state index contributed by atoms with van der Waals surface area (Å²) in [5, 5.41) is 5.00. The van der Waals surface area contributed by atoms with Crippen LogP contribution in [0.25, 0.3) is 0 Å². The molecule has 2 rings (SSSR count). The lowest BCUT2D eigenvalue weighted by molar-refractivity contribution is 0.437. The van der Waals surface area contributed by atoms with Crippen LogP contribution in [0, 0.1) is 5.92 Å². The molecule has 1 N–H and O–H groups in total. The molecule has 3 heteroatoms. The van der Waals surface area contributed by atoms with E-state index in [2.05, 4.69) is 31.1 Å². The summed E-state index contributed by atoms with van der Waals surface area (Å²) < 4.78 is 0. The number of nitrogens with zero attached hydrogens (tertiary/aromatic N) is 1. The van der Waals surface area contributed by atoms with Gasteiger partial charge in [0.25, 0.3) is 0 Å². The molecule has 17 heavy (non-hydrogen) atoms. The van der Waals surface area contributed by atoms with Gasteiger partial charge in [0.15, 0.2) is 0 Å². The van der Waals surface area contributed by atoms with Gasteiger partial charge in [-0.3, -0.25) is 0 Å². The van der Waals surface area contributed by atoms with E-state index < -0.39 is 0 Å². The van der Waals surface area contributed by atoms with Crippen molar-refractivity contribution in [2.24, 2.45) is 5.92 Å². The van der Waals surface area contributed by atoms with Crippen LogP contribution in [0.5, 0.6) is 0 Å². The Labute approximate surface area is 109 Å². The van der Waals surface area contributed by atoms with Crippen LogP contribution in [0.15, 0.2) is 6.20 Å². The molecule has 1 aliphatic rings. The second-order valence-electron chi connectivity index (χ2n) is 5.19. The van der Waals surface area contributed by atoms with Gasteiger partial charge < -0.3 is 5.32 Å². The minimum Gasteiger partial charge on any atom is -0.305 e. The molecule has 3 atom stereocenters. The van der Waals surface area contributed by atoms with Gasteiger partial charge >= 0.3 is 0 Å². The van der Waals surface area contributed by atoms with Crippen LogP contribution in [0.3, 0.4) is 0 Å². The zero-order valence-corrected chi connectivity index (χ0v) is 12.0. The van der Waals surface area contributed by atoms with Crippen molar-refractivity contribution in [2.45, 2.75) is 65.0 Å². The third kappa shape index (κ3) is 3.29. The molecular weight excluding hydrogens is 228 g/mol. The van der Waals surface area contributed by atoms with Crippen LogP contribution in [0.1, 0.15) is 62.4 Å². The van der Waals surface area contributed by atoms with E-state index in [0.29, 0.717) is 12.1 Å². The van der Waals surface area contributed by atoms with Crippen molar-refractivity contribution in [2.75, 3.05) is 0 Å². The molecule has 0 radical (unpaired) electrons. The molecule has 3 unspecified atom stereocenters. The Morgan fingerprint density at radius 1 is 1.47 bits per heavy atom. The highest BCUT2D eigenvalue weighted by molar-refractivity contribution is 7.11. The van der Waals surface area contributed by atoms with Crippen LogP contribution in [0.4, 0.5) is 0 Å². The maximum absolute atomic E-state index is 4.52. The van der Waals surface area contributed by atoms with E-state index in [1.165, 1.54) is 35.6 Å². The fourth-order valence-corrected chi connectivity index (χ4v) is 3.58. The van der Waals surface area contributed by atoms with Crippen molar-refractivity contribution >= 4 is 11.3 Å². The topological polar surface area (TPSA) is 24.9 Å². The van der Waals surface area contributed by atoms with E-state index in [1.807, 2.05) is 17.5 Å². The minimum absolute atomic E-state index is 0.418. The van der Waals surface area contributed by atoms with Crippen LogP contribution >= 0.6 is 11.3 Å². The molecular formula is C14H24N2S. The third-order valence-corrected chi connectivity index (χ3v) is 5.22. The molecule has 1 aliphatic carbocycles. The molecule has 1 aromatic heterocycles. The third-order valence-electron chi connectivity index (χ3n) is 3.89. The summed E-state index contributed by atoms with van der Waals surface area (Å²) in [4.78, 5) is 5.92. The summed E-state index contributed by atoms with van der Waals surface area (Å²) in [7, 11) is 0. The number of aromatic nitrogens is 1. The second-order valence-corrected chi connectivity index (χ2v) is 6.34. The number of nitrogens with one attached hydrogen (secondary N) is 1. The largest absolute Gasteiger partial charge is 0.305 e. The van der Waals surface area contributed by atoms with Crippen LogP contribution in [-0.4, -0.2) is 11.0 Å². The normalized spacial score (nSPS) is 26.3. The summed E-state index contributed by atoms with van der Waals surface area (Å²) in [6.07, 6.45) is 8.57. The van der Waals surface area contributed by atoms with Crippen LogP contribution in [0.2, 0.25) is 0 Å². The van der Waals surface area contributed by atoms with Gasteiger partial charge in [-0.2, -0.15) is 0 Å². The first-order valence-electron chi connectivity index (χ1n) is 6.93. The number of hydrogen-bond donors (Lipinski definition) is 1. The number of hydrogen-bond acceptors (Lipinski definition) is 3. The highest BCUT2D eigenvalue weighted by Gasteiger charge is 2.25. The number of aryl methyl sites for hydroxylation is 1. The zero-order valence-electron chi connectivity index (χ0n) is 11.2. The van der Waals surface area contributed by atoms with E-state index in [0.717, 1.165) is 12.3 Å². The van der Waals surface area contributed by atoms with Crippen LogP contribution < -0.4 is 5.32 Å². The molecule has 1 aromatic rings. The molecule has 0 aliphatic heterocycles. The van der Waals surface area contributed by atoms with Gasteiger partial charge in [0.1, 0.15) is 5.01 Å². The first-order valence-corrected chi connectivity index (χ1v) is 7.75. The lowest BCUT2D eigenvalue weighted by Crippen LogP contribution is -2.29. The summed E-state index contributed by atoms with van der Waals surface area (Å²) in [5.74, 6) is 0.946. The Kier molecular flexibility index (Phi) is 4.57. The standard InChI is InChI=1S/C14H24N2S/c1-4-11-6-7-12(8-11)16-10(3)14-15-9-13(5-2)17-14/h9-12,16H,4-8H2,1-3H3. The highest BCUT2D eigenvalue weighted by Crippen LogP contribution is 2.30. The average Bonchev–Trinajstić information content (AvgIpc) is 2.96. The predicted molar refractivity (Wildman–Crippen MR) is 74.5 cm³/mol. The highest BCUT2D eigenvalue weighted by atomic mass is 32.1. The molecule has 1 fully saturated rings. The molecule has 0 saturated heterocycles. The lowest BCUT2D eigenvalue weighted by atomic mass is 10.1. The molecule has 0 bridgehead atoms. The lowest BCUT2D eigenvalue weighted by Gasteiger charge is -2.17. The predicted octanol–water partition coefficient (Wildman–Crippen LogP) is 3.93. The van der Waals surface area contributed by atoms with Gasteiger partial charge in [-0.15, -0.1) is 11.3 Å². The number of rotatable bonds is 5. The van der Waals surface area contributed by atoms with Crippen molar-refractivity contribution in [1.29, 1.82) is 0 Å². The summed E-state index contributed by atoms with van der Waals surface area (Å²) >= 11 is 1.86. The SMILES string of the molecule is CCc1cnc(C(C)NC2CCC(CC)C2)s1. The molecule has 96 valence electrons. The number of thiazole rings is 1. The summed E-state index contributed by atoms with van der Waals surface area (Å²) in [6, 6.07) is 1.13. The Bertz CT molecular complexity index is 348. The van der Waals surface area contributed by atoms with Gasteiger partial charge in [-0.05, 0) is 38.5 Å². The Hall–Kier alpha value is -0.410. The molecule has 0 aromatic carbocycles. The Morgan fingerprint density at radius 2 is 2.29 bits per heavy atom. The van der Waals surface area contributed by atoms with Crippen molar-refractivity contribution in [3.05, 3.63) is 16.1 Å². The van der Waals surface area contributed by atoms with Gasteiger partial charge in [0.05, 0.1) is 6.04 Å². The maximum Gasteiger partial charge on any atom is 0.109 e. The maximum atomic E-state index is 4.52. The van der Waals surface area contributed by atoms with E-state index in [-0.39, 0.29) is 0 Å². The fraction of sp³-hybridized carbons (Fsp3) is 0.786. The first kappa shape index (κ1) is 13.0. The van der Waals surface area contributed by atoms with Crippen molar-refractivity contribution < 1.29 is 0 Å². The second kappa shape index (κ2) is 5.96. The molecule has 2 nitrogen and oxygen atoms in total. The van der Waals surface area contributed by atoms with Gasteiger partial charge in [-0.1, -0.05) is 20.3 Å². The van der Waals surface area contributed by atoms with E-state index in [1.54, 1.807) is 0 Å². The van der Waals surface area contributed by atoms with Gasteiger partial charge in [-0.25, -0.2) is 4.98 Å². The van der Waals surface area contributed by atoms with Gasteiger partial charge in [0.2, 0.25) is 0 Å². The van der Waals surface area contributed by atoms with E-state index in [9.17, 15) is 0 Å². The first-order chi connectivity index (χ1) is 8.22. The average molecular weight is 252 g/mol. The van der Waals surface area contributed by atoms with Gasteiger partial charge in [0, 0.05) is 17.1 Å². The minimum atomic E-state index is 0.418. The molecule has 1 saturated carbocycles.